The van der Waals surface area contributed by atoms with Gasteiger partial charge in [-0.2, -0.15) is 0 Å². The number of rotatable bonds is 42. The van der Waals surface area contributed by atoms with Crippen molar-refractivity contribution in [3.63, 3.8) is 0 Å². The van der Waals surface area contributed by atoms with Crippen LogP contribution in [0.2, 0.25) is 0 Å². The van der Waals surface area contributed by atoms with Crippen molar-refractivity contribution >= 4 is 72.8 Å². The summed E-state index contributed by atoms with van der Waals surface area (Å²) in [6, 6.07) is 19.7. The average molecular weight is 1030 g/mol. The van der Waals surface area contributed by atoms with Gasteiger partial charge in [0.25, 0.3) is 0 Å². The molecule has 0 aromatic heterocycles. The van der Waals surface area contributed by atoms with E-state index in [1.807, 2.05) is 60.7 Å². The van der Waals surface area contributed by atoms with E-state index >= 15 is 0 Å². The maximum atomic E-state index is 12.2. The maximum Gasteiger partial charge on any atom is 2.00 e. The van der Waals surface area contributed by atoms with Crippen molar-refractivity contribution in [3.8, 4) is 0 Å². The van der Waals surface area contributed by atoms with E-state index in [-0.39, 0.29) is 99.1 Å². The summed E-state index contributed by atoms with van der Waals surface area (Å²) in [4.78, 5) is 45.0. The fourth-order valence-electron chi connectivity index (χ4n) is 7.59. The number of hydrogen-bond acceptors (Lipinski definition) is 10. The molecule has 0 aliphatic carbocycles. The molecule has 2 unspecified atom stereocenters. The van der Waals surface area contributed by atoms with Gasteiger partial charge < -0.3 is 38.7 Å². The summed E-state index contributed by atoms with van der Waals surface area (Å²) in [5.41, 5.74) is 2.11. The maximum absolute atomic E-state index is 12.2. The molecule has 2 atom stereocenters. The number of carbonyl (C=O) groups is 4. The van der Waals surface area contributed by atoms with Crippen molar-refractivity contribution in [2.45, 2.75) is 232 Å². The number of carbonyl (C=O) groups excluding carboxylic acids is 4. The first kappa shape index (κ1) is 62.8. The third-order valence-corrected chi connectivity index (χ3v) is 11.3. The molecule has 0 amide bonds. The van der Waals surface area contributed by atoms with Gasteiger partial charge in [-0.15, -0.1) is 0 Å². The number of esters is 2. The fraction of sp³-hybridized carbons (Fsp3) is 0.704. The van der Waals surface area contributed by atoms with Gasteiger partial charge in [0.1, 0.15) is 25.4 Å². The van der Waals surface area contributed by atoms with E-state index in [1.54, 1.807) is 0 Å². The van der Waals surface area contributed by atoms with E-state index in [0.717, 1.165) is 114 Å². The second kappa shape index (κ2) is 46.9. The Kier molecular flexibility index (Phi) is 45.3. The molecule has 11 heteroatoms. The molecule has 0 radical (unpaired) electrons. The minimum Gasteiger partial charge on any atom is -0.550 e. The molecule has 364 valence electrons. The normalized spacial score (nSPS) is 11.7. The zero-order chi connectivity index (χ0) is 46.6. The van der Waals surface area contributed by atoms with Crippen molar-refractivity contribution in [1.29, 1.82) is 0 Å². The Bertz CT molecular complexity index is 1290. The van der Waals surface area contributed by atoms with Gasteiger partial charge in [-0.1, -0.05) is 203 Å². The molecule has 0 spiro atoms. The third kappa shape index (κ3) is 42.9. The van der Waals surface area contributed by atoms with Crippen molar-refractivity contribution in [2.24, 2.45) is 0 Å². The van der Waals surface area contributed by atoms with Crippen LogP contribution in [0.15, 0.2) is 60.7 Å². The Morgan fingerprint density at radius 2 is 0.692 bits per heavy atom. The SMILES string of the molecule is CCCCC(CCCCCCCCCCCCC(=O)[O-])OC(=O)COCc1ccccc1.CCCCC(CCCCCCCCCCCCC(=O)[O-])OC(=O)COCc1ccccc1.[Ba+2]. The van der Waals surface area contributed by atoms with E-state index in [0.29, 0.717) is 13.2 Å². The number of aliphatic carboxylic acids is 2. The summed E-state index contributed by atoms with van der Waals surface area (Å²) in [6.45, 7) is 5.18. The minimum atomic E-state index is -0.937. The van der Waals surface area contributed by atoms with Crippen LogP contribution in [0.5, 0.6) is 0 Å². The molecule has 0 saturated carbocycles. The summed E-state index contributed by atoms with van der Waals surface area (Å²) >= 11 is 0. The fourth-order valence-corrected chi connectivity index (χ4v) is 7.59. The van der Waals surface area contributed by atoms with Gasteiger partial charge in [0.05, 0.1) is 13.2 Å². The number of carboxylic acids is 2. The Morgan fingerprint density at radius 1 is 0.415 bits per heavy atom. The zero-order valence-corrected chi connectivity index (χ0v) is 45.2. The number of ether oxygens (including phenoxy) is 4. The van der Waals surface area contributed by atoms with Crippen LogP contribution in [-0.4, -0.2) is 98.2 Å². The minimum absolute atomic E-state index is 0. The number of unbranched alkanes of at least 4 members (excludes halogenated alkanes) is 20. The van der Waals surface area contributed by atoms with E-state index in [1.165, 1.54) is 77.0 Å². The number of hydrogen-bond donors (Lipinski definition) is 0. The number of benzene rings is 2. The van der Waals surface area contributed by atoms with Crippen LogP contribution in [0.25, 0.3) is 0 Å². The Balaban J connectivity index is 0.00000124. The molecule has 0 saturated heterocycles. The first-order valence-electron chi connectivity index (χ1n) is 25.2. The van der Waals surface area contributed by atoms with Crippen molar-refractivity contribution in [2.75, 3.05) is 13.2 Å². The zero-order valence-electron chi connectivity index (χ0n) is 40.8. The molecule has 0 aliphatic rings. The van der Waals surface area contributed by atoms with Gasteiger partial charge in [-0.05, 0) is 75.3 Å². The molecule has 2 aromatic rings. The largest absolute Gasteiger partial charge is 2.00 e. The van der Waals surface area contributed by atoms with Crippen LogP contribution >= 0.6 is 0 Å². The first-order chi connectivity index (χ1) is 31.2. The Morgan fingerprint density at radius 3 is 0.985 bits per heavy atom. The van der Waals surface area contributed by atoms with Gasteiger partial charge in [0, 0.05) is 11.9 Å². The third-order valence-electron chi connectivity index (χ3n) is 11.3. The molecule has 2 aromatic carbocycles. The predicted molar refractivity (Wildman–Crippen MR) is 258 cm³/mol. The van der Waals surface area contributed by atoms with Gasteiger partial charge in [0.2, 0.25) is 0 Å². The van der Waals surface area contributed by atoms with Gasteiger partial charge in [0.15, 0.2) is 0 Å². The van der Waals surface area contributed by atoms with E-state index in [4.69, 9.17) is 18.9 Å². The van der Waals surface area contributed by atoms with Crippen LogP contribution < -0.4 is 10.2 Å². The molecule has 2 rings (SSSR count). The second-order valence-electron chi connectivity index (χ2n) is 17.4. The molecule has 0 aliphatic heterocycles. The van der Waals surface area contributed by atoms with Crippen molar-refractivity contribution in [1.82, 2.24) is 0 Å². The van der Waals surface area contributed by atoms with E-state index in [9.17, 15) is 29.4 Å². The van der Waals surface area contributed by atoms with Gasteiger partial charge in [-0.25, -0.2) is 9.59 Å². The predicted octanol–water partition coefficient (Wildman–Crippen LogP) is 11.1. The first-order valence-corrected chi connectivity index (χ1v) is 25.2. The van der Waals surface area contributed by atoms with Crippen LogP contribution in [0.4, 0.5) is 0 Å². The summed E-state index contributed by atoms with van der Waals surface area (Å²) in [5.74, 6) is -2.40. The molecule has 10 nitrogen and oxygen atoms in total. The molecule has 0 fully saturated rings. The van der Waals surface area contributed by atoms with Gasteiger partial charge in [-0.3, -0.25) is 0 Å². The van der Waals surface area contributed by atoms with E-state index < -0.39 is 11.9 Å². The van der Waals surface area contributed by atoms with Crippen LogP contribution in [0, 0.1) is 0 Å². The Labute approximate surface area is 434 Å². The van der Waals surface area contributed by atoms with Gasteiger partial charge >= 0.3 is 60.8 Å². The molecule has 0 bridgehead atoms. The molecule has 65 heavy (non-hydrogen) atoms. The monoisotopic (exact) mass is 1030 g/mol. The molecular formula is C54H86BaO10. The average Bonchev–Trinajstić information content (AvgIpc) is 3.28. The summed E-state index contributed by atoms with van der Waals surface area (Å²) in [5, 5.41) is 20.7. The summed E-state index contributed by atoms with van der Waals surface area (Å²) in [7, 11) is 0. The number of carboxylic acid groups (broad SMARTS) is 2. The summed E-state index contributed by atoms with van der Waals surface area (Å²) in [6.07, 6.45) is 31.0. The second-order valence-corrected chi connectivity index (χ2v) is 17.4. The smallest absolute Gasteiger partial charge is 0.550 e. The molecule has 0 heterocycles. The summed E-state index contributed by atoms with van der Waals surface area (Å²) < 4.78 is 22.4. The topological polar surface area (TPSA) is 151 Å². The van der Waals surface area contributed by atoms with E-state index in [2.05, 4.69) is 13.8 Å². The quantitative estimate of drug-likeness (QED) is 0.0357. The molecular weight excluding hydrogens is 946 g/mol. The van der Waals surface area contributed by atoms with Crippen molar-refractivity contribution < 1.29 is 48.3 Å². The van der Waals surface area contributed by atoms with Crippen molar-refractivity contribution in [3.05, 3.63) is 71.8 Å². The van der Waals surface area contributed by atoms with Crippen LogP contribution in [0.3, 0.4) is 0 Å². The Hall–Kier alpha value is -2.19. The standard InChI is InChI=1S/2C27H44O5.Ba/c2*1-2-3-19-25(32-27(30)23-31-22-24-17-13-12-14-18-24)20-15-10-8-6-4-5-7-9-11-16-21-26(28)29;/h2*12-14,17-18,25H,2-11,15-16,19-23H2,1H3,(H,28,29);/q;;+2/p-2. The van der Waals surface area contributed by atoms with Crippen LogP contribution in [-0.2, 0) is 51.3 Å². The molecule has 0 N–H and O–H groups in total. The van der Waals surface area contributed by atoms with Crippen LogP contribution in [0.1, 0.15) is 218 Å².